The number of carbonyl (C=O) groups excluding carboxylic acids is 2. The molecule has 20 heavy (non-hydrogen) atoms. The topological polar surface area (TPSA) is 70.6 Å². The fourth-order valence-electron chi connectivity index (χ4n) is 2.00. The Morgan fingerprint density at radius 1 is 1.20 bits per heavy atom. The van der Waals surface area contributed by atoms with Crippen LogP contribution in [-0.2, 0) is 9.59 Å². The van der Waals surface area contributed by atoms with Crippen LogP contribution in [0.4, 0.5) is 5.69 Å². The molecule has 0 unspecified atom stereocenters. The summed E-state index contributed by atoms with van der Waals surface area (Å²) in [6, 6.07) is 5.12. The largest absolute Gasteiger partial charge is 0.329 e. The van der Waals surface area contributed by atoms with Crippen LogP contribution < -0.4 is 10.7 Å². The number of halogens is 1. The lowest BCUT2D eigenvalue weighted by molar-refractivity contribution is -0.136. The van der Waals surface area contributed by atoms with Crippen molar-refractivity contribution in [1.82, 2.24) is 5.43 Å². The molecule has 0 radical (unpaired) electrons. The van der Waals surface area contributed by atoms with Crippen molar-refractivity contribution in [3.8, 4) is 0 Å². The van der Waals surface area contributed by atoms with Gasteiger partial charge in [0.05, 0.1) is 0 Å². The number of hydrogen-bond donors (Lipinski definition) is 2. The highest BCUT2D eigenvalue weighted by atomic mass is 35.5. The number of hydrogen-bond acceptors (Lipinski definition) is 3. The van der Waals surface area contributed by atoms with Crippen molar-refractivity contribution in [2.45, 2.75) is 32.6 Å². The molecule has 1 saturated carbocycles. The average molecular weight is 294 g/mol. The molecule has 5 nitrogen and oxygen atoms in total. The first-order chi connectivity index (χ1) is 9.58. The van der Waals surface area contributed by atoms with E-state index in [9.17, 15) is 9.59 Å². The van der Waals surface area contributed by atoms with Crippen molar-refractivity contribution >= 4 is 34.8 Å². The van der Waals surface area contributed by atoms with Crippen LogP contribution in [-0.4, -0.2) is 17.5 Å². The van der Waals surface area contributed by atoms with Crippen LogP contribution in [0.2, 0.25) is 5.02 Å². The maximum absolute atomic E-state index is 11.7. The van der Waals surface area contributed by atoms with E-state index in [0.717, 1.165) is 37.0 Å². The predicted octanol–water partition coefficient (Wildman–Crippen LogP) is 2.63. The molecule has 0 bridgehead atoms. The van der Waals surface area contributed by atoms with Gasteiger partial charge in [-0.2, -0.15) is 5.10 Å². The van der Waals surface area contributed by atoms with Crippen molar-refractivity contribution in [2.75, 3.05) is 5.32 Å². The minimum absolute atomic E-state index is 0.520. The first kappa shape index (κ1) is 14.5. The molecule has 2 N–H and O–H groups in total. The molecule has 1 aromatic carbocycles. The average Bonchev–Trinajstić information content (AvgIpc) is 2.94. The molecule has 0 aliphatic heterocycles. The number of nitrogens with zero attached hydrogens (tertiary/aromatic N) is 1. The zero-order chi connectivity index (χ0) is 14.5. The van der Waals surface area contributed by atoms with Gasteiger partial charge in [0.25, 0.3) is 0 Å². The van der Waals surface area contributed by atoms with E-state index in [4.69, 9.17) is 11.6 Å². The summed E-state index contributed by atoms with van der Waals surface area (Å²) in [6.07, 6.45) is 3.94. The third-order valence-corrected chi connectivity index (χ3v) is 3.63. The number of anilines is 1. The van der Waals surface area contributed by atoms with Gasteiger partial charge in [-0.1, -0.05) is 17.7 Å². The summed E-state index contributed by atoms with van der Waals surface area (Å²) in [4.78, 5) is 23.4. The molecule has 0 atom stereocenters. The summed E-state index contributed by atoms with van der Waals surface area (Å²) < 4.78 is 0. The number of carbonyl (C=O) groups is 2. The zero-order valence-electron chi connectivity index (χ0n) is 11.2. The molecule has 106 valence electrons. The van der Waals surface area contributed by atoms with Crippen LogP contribution in [0.25, 0.3) is 0 Å². The summed E-state index contributed by atoms with van der Waals surface area (Å²) >= 11 is 5.95. The summed E-state index contributed by atoms with van der Waals surface area (Å²) in [6.45, 7) is 1.77. The van der Waals surface area contributed by atoms with Gasteiger partial charge in [0, 0.05) is 16.4 Å². The van der Waals surface area contributed by atoms with E-state index in [2.05, 4.69) is 15.8 Å². The van der Waals surface area contributed by atoms with Gasteiger partial charge in [0.15, 0.2) is 0 Å². The molecule has 1 fully saturated rings. The minimum Gasteiger partial charge on any atom is -0.317 e. The Bertz CT molecular complexity index is 562. The Labute approximate surface area is 122 Å². The molecule has 2 rings (SSSR count). The minimum atomic E-state index is -0.774. The maximum Gasteiger partial charge on any atom is 0.329 e. The standard InChI is InChI=1S/C14H16ClN3O2/c1-9-11(15)7-4-8-12(9)16-13(19)14(20)18-17-10-5-2-3-6-10/h4,7-8H,2-3,5-6H2,1H3,(H,16,19)(H,18,20). The second-order valence-corrected chi connectivity index (χ2v) is 5.10. The van der Waals surface area contributed by atoms with Gasteiger partial charge in [-0.25, -0.2) is 5.43 Å². The maximum atomic E-state index is 11.7. The van der Waals surface area contributed by atoms with Crippen molar-refractivity contribution in [3.63, 3.8) is 0 Å². The highest BCUT2D eigenvalue weighted by molar-refractivity contribution is 6.40. The Kier molecular flexibility index (Phi) is 4.74. The molecule has 0 saturated heterocycles. The van der Waals surface area contributed by atoms with Crippen LogP contribution >= 0.6 is 11.6 Å². The molecule has 1 aliphatic carbocycles. The van der Waals surface area contributed by atoms with Crippen LogP contribution in [0.15, 0.2) is 23.3 Å². The Morgan fingerprint density at radius 2 is 1.90 bits per heavy atom. The molecule has 2 amide bonds. The van der Waals surface area contributed by atoms with E-state index in [-0.39, 0.29) is 0 Å². The van der Waals surface area contributed by atoms with Crippen molar-refractivity contribution in [3.05, 3.63) is 28.8 Å². The first-order valence-corrected chi connectivity index (χ1v) is 6.87. The van der Waals surface area contributed by atoms with E-state index in [0.29, 0.717) is 10.7 Å². The number of benzene rings is 1. The second-order valence-electron chi connectivity index (χ2n) is 4.69. The van der Waals surface area contributed by atoms with E-state index in [1.807, 2.05) is 0 Å². The fraction of sp³-hybridized carbons (Fsp3) is 0.357. The number of amides is 2. The summed E-state index contributed by atoms with van der Waals surface area (Å²) in [5.74, 6) is -1.53. The lowest BCUT2D eigenvalue weighted by Gasteiger charge is -2.08. The molecule has 1 aliphatic rings. The fourth-order valence-corrected chi connectivity index (χ4v) is 2.17. The Morgan fingerprint density at radius 3 is 2.60 bits per heavy atom. The van der Waals surface area contributed by atoms with Gasteiger partial charge in [-0.3, -0.25) is 9.59 Å². The van der Waals surface area contributed by atoms with Crippen molar-refractivity contribution in [2.24, 2.45) is 5.10 Å². The molecular formula is C14H16ClN3O2. The van der Waals surface area contributed by atoms with Crippen LogP contribution in [0, 0.1) is 6.92 Å². The molecule has 0 heterocycles. The number of nitrogens with one attached hydrogen (secondary N) is 2. The summed E-state index contributed by atoms with van der Waals surface area (Å²) in [5.41, 5.74) is 4.46. The van der Waals surface area contributed by atoms with Gasteiger partial charge in [-0.15, -0.1) is 0 Å². The predicted molar refractivity (Wildman–Crippen MR) is 78.9 cm³/mol. The Hall–Kier alpha value is -1.88. The SMILES string of the molecule is Cc1c(Cl)cccc1NC(=O)C(=O)NN=C1CCCC1. The van der Waals surface area contributed by atoms with E-state index in [1.165, 1.54) is 0 Å². The van der Waals surface area contributed by atoms with Gasteiger partial charge in [0.1, 0.15) is 0 Å². The van der Waals surface area contributed by atoms with Crippen LogP contribution in [0.3, 0.4) is 0 Å². The summed E-state index contributed by atoms with van der Waals surface area (Å²) in [5, 5.41) is 7.01. The van der Waals surface area contributed by atoms with Crippen LogP contribution in [0.1, 0.15) is 31.2 Å². The van der Waals surface area contributed by atoms with Gasteiger partial charge < -0.3 is 5.32 Å². The Balaban J connectivity index is 1.95. The number of rotatable bonds is 2. The monoisotopic (exact) mass is 293 g/mol. The molecular weight excluding hydrogens is 278 g/mol. The second kappa shape index (κ2) is 6.52. The van der Waals surface area contributed by atoms with E-state index < -0.39 is 11.8 Å². The molecule has 1 aromatic rings. The lowest BCUT2D eigenvalue weighted by atomic mass is 10.2. The molecule has 0 aromatic heterocycles. The van der Waals surface area contributed by atoms with Crippen LogP contribution in [0.5, 0.6) is 0 Å². The normalized spacial score (nSPS) is 14.0. The van der Waals surface area contributed by atoms with E-state index >= 15 is 0 Å². The third-order valence-electron chi connectivity index (χ3n) is 3.22. The zero-order valence-corrected chi connectivity index (χ0v) is 12.0. The molecule has 6 heteroatoms. The lowest BCUT2D eigenvalue weighted by Crippen LogP contribution is -2.33. The number of hydrazone groups is 1. The highest BCUT2D eigenvalue weighted by Crippen LogP contribution is 2.22. The smallest absolute Gasteiger partial charge is 0.317 e. The van der Waals surface area contributed by atoms with Crippen molar-refractivity contribution < 1.29 is 9.59 Å². The van der Waals surface area contributed by atoms with E-state index in [1.54, 1.807) is 25.1 Å². The van der Waals surface area contributed by atoms with Gasteiger partial charge in [-0.05, 0) is 50.3 Å². The van der Waals surface area contributed by atoms with Gasteiger partial charge in [0.2, 0.25) is 0 Å². The summed E-state index contributed by atoms with van der Waals surface area (Å²) in [7, 11) is 0. The quantitative estimate of drug-likeness (QED) is 0.650. The third kappa shape index (κ3) is 3.57. The van der Waals surface area contributed by atoms with Crippen molar-refractivity contribution in [1.29, 1.82) is 0 Å². The highest BCUT2D eigenvalue weighted by Gasteiger charge is 2.16. The van der Waals surface area contributed by atoms with Gasteiger partial charge >= 0.3 is 11.8 Å². The molecule has 0 spiro atoms. The first-order valence-electron chi connectivity index (χ1n) is 6.50.